The molecule has 3 rings (SSSR count). The molecule has 0 spiro atoms. The monoisotopic (exact) mass is 315 g/mol. The predicted molar refractivity (Wildman–Crippen MR) is 92.8 cm³/mol. The first kappa shape index (κ1) is 16.5. The Balaban J connectivity index is 1.47. The van der Waals surface area contributed by atoms with E-state index >= 15 is 0 Å². The van der Waals surface area contributed by atoms with Crippen LogP contribution < -0.4 is 11.1 Å². The van der Waals surface area contributed by atoms with Crippen molar-refractivity contribution in [1.29, 1.82) is 0 Å². The molecule has 4 heteroatoms. The van der Waals surface area contributed by atoms with E-state index in [1.165, 1.54) is 5.56 Å². The van der Waals surface area contributed by atoms with Gasteiger partial charge in [0.25, 0.3) is 0 Å². The molecule has 1 saturated carbocycles. The van der Waals surface area contributed by atoms with Crippen molar-refractivity contribution in [2.24, 2.45) is 11.7 Å². The third-order valence-electron chi connectivity index (χ3n) is 5.43. The third kappa shape index (κ3) is 4.33. The summed E-state index contributed by atoms with van der Waals surface area (Å²) in [5, 5.41) is 3.28. The zero-order valence-corrected chi connectivity index (χ0v) is 14.1. The molecule has 1 amide bonds. The summed E-state index contributed by atoms with van der Waals surface area (Å²) in [6.45, 7) is 4.32. The molecule has 4 unspecified atom stereocenters. The molecular weight excluding hydrogens is 286 g/mol. The van der Waals surface area contributed by atoms with Crippen molar-refractivity contribution >= 4 is 5.91 Å². The molecule has 1 saturated heterocycles. The first-order chi connectivity index (χ1) is 11.1. The van der Waals surface area contributed by atoms with Gasteiger partial charge in [0.1, 0.15) is 0 Å². The van der Waals surface area contributed by atoms with Gasteiger partial charge >= 0.3 is 0 Å². The van der Waals surface area contributed by atoms with Crippen LogP contribution in [0, 0.1) is 5.92 Å². The molecule has 0 aromatic heterocycles. The molecule has 126 valence electrons. The van der Waals surface area contributed by atoms with Crippen molar-refractivity contribution < 1.29 is 4.79 Å². The molecule has 1 aliphatic heterocycles. The number of carbonyl (C=O) groups is 1. The summed E-state index contributed by atoms with van der Waals surface area (Å²) >= 11 is 0. The van der Waals surface area contributed by atoms with E-state index in [0.717, 1.165) is 45.2 Å². The maximum atomic E-state index is 12.4. The van der Waals surface area contributed by atoms with Gasteiger partial charge in [-0.15, -0.1) is 0 Å². The van der Waals surface area contributed by atoms with Gasteiger partial charge in [0.15, 0.2) is 0 Å². The minimum absolute atomic E-state index is 0.141. The quantitative estimate of drug-likeness (QED) is 0.896. The largest absolute Gasteiger partial charge is 0.353 e. The summed E-state index contributed by atoms with van der Waals surface area (Å²) < 4.78 is 0. The molecule has 3 N–H and O–H groups in total. The second-order valence-electron chi connectivity index (χ2n) is 7.31. The summed E-state index contributed by atoms with van der Waals surface area (Å²) in [6.07, 6.45) is 4.88. The molecule has 2 fully saturated rings. The van der Waals surface area contributed by atoms with Crippen molar-refractivity contribution in [1.82, 2.24) is 10.2 Å². The highest BCUT2D eigenvalue weighted by atomic mass is 16.1. The number of hydrogen-bond donors (Lipinski definition) is 2. The number of rotatable bonds is 4. The van der Waals surface area contributed by atoms with Crippen LogP contribution in [0.4, 0.5) is 0 Å². The van der Waals surface area contributed by atoms with E-state index in [9.17, 15) is 4.79 Å². The molecule has 4 atom stereocenters. The number of benzene rings is 1. The number of nitrogens with one attached hydrogen (secondary N) is 1. The maximum absolute atomic E-state index is 12.4. The molecule has 23 heavy (non-hydrogen) atoms. The van der Waals surface area contributed by atoms with Gasteiger partial charge in [-0.05, 0) is 44.6 Å². The fourth-order valence-electron chi connectivity index (χ4n) is 3.98. The number of piperidine rings is 1. The van der Waals surface area contributed by atoms with Crippen LogP contribution in [-0.2, 0) is 11.3 Å². The fourth-order valence-corrected chi connectivity index (χ4v) is 3.98. The lowest BCUT2D eigenvalue weighted by atomic mass is 9.96. The third-order valence-corrected chi connectivity index (χ3v) is 5.43. The van der Waals surface area contributed by atoms with E-state index in [4.69, 9.17) is 5.73 Å². The van der Waals surface area contributed by atoms with Crippen molar-refractivity contribution in [2.75, 3.05) is 6.54 Å². The Morgan fingerprint density at radius 2 is 2.00 bits per heavy atom. The topological polar surface area (TPSA) is 58.4 Å². The second kappa shape index (κ2) is 7.45. The maximum Gasteiger partial charge on any atom is 0.223 e. The van der Waals surface area contributed by atoms with Crippen molar-refractivity contribution in [2.45, 2.75) is 63.7 Å². The Kier molecular flexibility index (Phi) is 5.34. The standard InChI is InChI=1S/C19H29N3O/c1-14-11-18(21-19(23)16-7-8-17(20)12-16)9-10-22(14)13-15-5-3-2-4-6-15/h2-6,14,16-18H,7-13,20H2,1H3,(H,21,23). The highest BCUT2D eigenvalue weighted by molar-refractivity contribution is 5.79. The van der Waals surface area contributed by atoms with Crippen LogP contribution >= 0.6 is 0 Å². The van der Waals surface area contributed by atoms with Crippen LogP contribution in [0.5, 0.6) is 0 Å². The van der Waals surface area contributed by atoms with Gasteiger partial charge in [-0.3, -0.25) is 9.69 Å². The molecular formula is C19H29N3O. The molecule has 2 aliphatic rings. The van der Waals surface area contributed by atoms with Gasteiger partial charge < -0.3 is 11.1 Å². The molecule has 0 bridgehead atoms. The van der Waals surface area contributed by atoms with E-state index in [-0.39, 0.29) is 17.9 Å². The summed E-state index contributed by atoms with van der Waals surface area (Å²) in [4.78, 5) is 14.9. The predicted octanol–water partition coefficient (Wildman–Crippen LogP) is 2.28. The van der Waals surface area contributed by atoms with Gasteiger partial charge in [-0.1, -0.05) is 30.3 Å². The van der Waals surface area contributed by atoms with Crippen molar-refractivity contribution in [3.63, 3.8) is 0 Å². The lowest BCUT2D eigenvalue weighted by Gasteiger charge is -2.38. The Hall–Kier alpha value is -1.39. The SMILES string of the molecule is CC1CC(NC(=O)C2CCC(N)C2)CCN1Cc1ccccc1. The summed E-state index contributed by atoms with van der Waals surface area (Å²) in [7, 11) is 0. The highest BCUT2D eigenvalue weighted by Gasteiger charge is 2.31. The molecule has 1 aromatic rings. The van der Waals surface area contributed by atoms with Crippen molar-refractivity contribution in [3.8, 4) is 0 Å². The number of amides is 1. The zero-order valence-electron chi connectivity index (χ0n) is 14.1. The normalized spacial score (nSPS) is 31.9. The van der Waals surface area contributed by atoms with Crippen LogP contribution in [0.25, 0.3) is 0 Å². The first-order valence-electron chi connectivity index (χ1n) is 8.95. The van der Waals surface area contributed by atoms with E-state index < -0.39 is 0 Å². The lowest BCUT2D eigenvalue weighted by Crippen LogP contribution is -2.49. The number of hydrogen-bond acceptors (Lipinski definition) is 3. The Labute approximate surface area is 139 Å². The van der Waals surface area contributed by atoms with Crippen LogP contribution in [-0.4, -0.2) is 35.5 Å². The second-order valence-corrected chi connectivity index (χ2v) is 7.31. The van der Waals surface area contributed by atoms with Gasteiger partial charge in [0.2, 0.25) is 5.91 Å². The summed E-state index contributed by atoms with van der Waals surface area (Å²) in [5.41, 5.74) is 7.29. The smallest absolute Gasteiger partial charge is 0.223 e. The van der Waals surface area contributed by atoms with E-state index in [0.29, 0.717) is 12.1 Å². The summed E-state index contributed by atoms with van der Waals surface area (Å²) in [6, 6.07) is 11.7. The fraction of sp³-hybridized carbons (Fsp3) is 0.632. The average molecular weight is 315 g/mol. The van der Waals surface area contributed by atoms with Crippen LogP contribution in [0.15, 0.2) is 30.3 Å². The van der Waals surface area contributed by atoms with Gasteiger partial charge in [-0.2, -0.15) is 0 Å². The van der Waals surface area contributed by atoms with Crippen molar-refractivity contribution in [3.05, 3.63) is 35.9 Å². The number of carbonyl (C=O) groups excluding carboxylic acids is 1. The van der Waals surface area contributed by atoms with Crippen LogP contribution in [0.2, 0.25) is 0 Å². The van der Waals surface area contributed by atoms with E-state index in [1.807, 2.05) is 0 Å². The molecule has 1 aliphatic carbocycles. The van der Waals surface area contributed by atoms with Gasteiger partial charge in [0, 0.05) is 37.1 Å². The average Bonchev–Trinajstić information content (AvgIpc) is 2.98. The van der Waals surface area contributed by atoms with Crippen LogP contribution in [0.1, 0.15) is 44.6 Å². The first-order valence-corrected chi connectivity index (χ1v) is 8.95. The zero-order chi connectivity index (χ0) is 16.2. The molecule has 1 aromatic carbocycles. The van der Waals surface area contributed by atoms with Gasteiger partial charge in [0.05, 0.1) is 0 Å². The number of likely N-dealkylation sites (tertiary alicyclic amines) is 1. The minimum Gasteiger partial charge on any atom is -0.353 e. The summed E-state index contributed by atoms with van der Waals surface area (Å²) in [5.74, 6) is 0.370. The Bertz CT molecular complexity index is 519. The van der Waals surface area contributed by atoms with Crippen LogP contribution in [0.3, 0.4) is 0 Å². The van der Waals surface area contributed by atoms with E-state index in [1.54, 1.807) is 0 Å². The highest BCUT2D eigenvalue weighted by Crippen LogP contribution is 2.25. The number of nitrogens with two attached hydrogens (primary N) is 1. The molecule has 0 radical (unpaired) electrons. The van der Waals surface area contributed by atoms with Gasteiger partial charge in [-0.25, -0.2) is 0 Å². The van der Waals surface area contributed by atoms with E-state index in [2.05, 4.69) is 47.5 Å². The minimum atomic E-state index is 0.141. The number of nitrogens with zero attached hydrogens (tertiary/aromatic N) is 1. The molecule has 1 heterocycles. The Morgan fingerprint density at radius 1 is 1.22 bits per heavy atom. The lowest BCUT2D eigenvalue weighted by molar-refractivity contribution is -0.126. The Morgan fingerprint density at radius 3 is 2.65 bits per heavy atom. The molecule has 4 nitrogen and oxygen atoms in total.